The van der Waals surface area contributed by atoms with Gasteiger partial charge in [0.25, 0.3) is 0 Å². The summed E-state index contributed by atoms with van der Waals surface area (Å²) in [5.74, 6) is 1.82. The Bertz CT molecular complexity index is 3100. The van der Waals surface area contributed by atoms with Gasteiger partial charge >= 0.3 is 0 Å². The summed E-state index contributed by atoms with van der Waals surface area (Å²) in [6.07, 6.45) is 0. The van der Waals surface area contributed by atoms with Crippen LogP contribution in [0.15, 0.2) is 160 Å². The van der Waals surface area contributed by atoms with Gasteiger partial charge in [-0.15, -0.1) is 0 Å². The average Bonchev–Trinajstić information content (AvgIpc) is 3.85. The van der Waals surface area contributed by atoms with Crippen LogP contribution in [0.3, 0.4) is 0 Å². The fourth-order valence-electron chi connectivity index (χ4n) is 8.29. The Hall–Kier alpha value is -6.85. The van der Waals surface area contributed by atoms with Crippen molar-refractivity contribution in [3.63, 3.8) is 0 Å². The fourth-order valence-corrected chi connectivity index (χ4v) is 8.29. The van der Waals surface area contributed by atoms with Crippen LogP contribution in [0.1, 0.15) is 25.0 Å². The molecule has 0 fully saturated rings. The first-order chi connectivity index (χ1) is 26.0. The number of aromatic nitrogens is 3. The summed E-state index contributed by atoms with van der Waals surface area (Å²) in [6, 6.07) is 52.5. The molecule has 250 valence electrons. The van der Waals surface area contributed by atoms with Crippen molar-refractivity contribution in [1.29, 1.82) is 0 Å². The minimum Gasteiger partial charge on any atom is -0.456 e. The van der Waals surface area contributed by atoms with Crippen molar-refractivity contribution in [1.82, 2.24) is 15.0 Å². The summed E-state index contributed by atoms with van der Waals surface area (Å²) < 4.78 is 12.6. The normalized spacial score (nSPS) is 13.2. The number of para-hydroxylation sites is 2. The highest BCUT2D eigenvalue weighted by Gasteiger charge is 2.37. The zero-order chi connectivity index (χ0) is 35.3. The summed E-state index contributed by atoms with van der Waals surface area (Å²) in [5.41, 5.74) is 13.4. The van der Waals surface area contributed by atoms with Crippen LogP contribution in [0, 0.1) is 0 Å². The molecule has 0 N–H and O–H groups in total. The Kier molecular flexibility index (Phi) is 6.23. The third-order valence-electron chi connectivity index (χ3n) is 10.9. The first kappa shape index (κ1) is 29.8. The van der Waals surface area contributed by atoms with E-state index in [1.165, 1.54) is 27.6 Å². The molecule has 3 heterocycles. The Labute approximate surface area is 305 Å². The van der Waals surface area contributed by atoms with Gasteiger partial charge in [0.2, 0.25) is 0 Å². The molecular weight excluding hydrogens is 651 g/mol. The predicted octanol–water partition coefficient (Wildman–Crippen LogP) is 12.6. The molecule has 1 aliphatic carbocycles. The zero-order valence-electron chi connectivity index (χ0n) is 29.1. The van der Waals surface area contributed by atoms with Crippen molar-refractivity contribution in [2.45, 2.75) is 19.3 Å². The van der Waals surface area contributed by atoms with Gasteiger partial charge in [-0.05, 0) is 75.8 Å². The van der Waals surface area contributed by atoms with Crippen LogP contribution in [0.4, 0.5) is 0 Å². The van der Waals surface area contributed by atoms with Crippen LogP contribution in [0.25, 0.3) is 100 Å². The molecular formula is C48H31N3O2. The minimum atomic E-state index is -0.141. The van der Waals surface area contributed by atoms with Gasteiger partial charge in [0.15, 0.2) is 17.5 Å². The molecule has 5 heteroatoms. The lowest BCUT2D eigenvalue weighted by molar-refractivity contribution is 0.656. The molecule has 0 bridgehead atoms. The molecule has 0 radical (unpaired) electrons. The van der Waals surface area contributed by atoms with Gasteiger partial charge in [-0.25, -0.2) is 15.0 Å². The highest BCUT2D eigenvalue weighted by atomic mass is 16.3. The molecule has 0 atom stereocenters. The van der Waals surface area contributed by atoms with E-state index in [2.05, 4.69) is 105 Å². The number of nitrogens with zero attached hydrogens (tertiary/aromatic N) is 3. The van der Waals surface area contributed by atoms with Crippen molar-refractivity contribution in [2.24, 2.45) is 0 Å². The quantitative estimate of drug-likeness (QED) is 0.185. The number of furan rings is 2. The van der Waals surface area contributed by atoms with Gasteiger partial charge < -0.3 is 8.83 Å². The van der Waals surface area contributed by atoms with Crippen molar-refractivity contribution in [3.05, 3.63) is 163 Å². The van der Waals surface area contributed by atoms with Crippen molar-refractivity contribution in [2.75, 3.05) is 0 Å². The summed E-state index contributed by atoms with van der Waals surface area (Å²) >= 11 is 0. The van der Waals surface area contributed by atoms with Crippen LogP contribution in [-0.4, -0.2) is 15.0 Å². The van der Waals surface area contributed by atoms with Crippen molar-refractivity contribution in [3.8, 4) is 56.4 Å². The minimum absolute atomic E-state index is 0.141. The topological polar surface area (TPSA) is 65.0 Å². The fraction of sp³-hybridized carbons (Fsp3) is 0.0625. The predicted molar refractivity (Wildman–Crippen MR) is 214 cm³/mol. The number of hydrogen-bond donors (Lipinski definition) is 0. The zero-order valence-corrected chi connectivity index (χ0v) is 29.1. The van der Waals surface area contributed by atoms with E-state index < -0.39 is 0 Å². The smallest absolute Gasteiger partial charge is 0.164 e. The molecule has 1 aliphatic rings. The summed E-state index contributed by atoms with van der Waals surface area (Å²) in [7, 11) is 0. The van der Waals surface area contributed by atoms with Gasteiger partial charge in [-0.1, -0.05) is 123 Å². The molecule has 0 saturated carbocycles. The van der Waals surface area contributed by atoms with E-state index in [4.69, 9.17) is 23.8 Å². The highest BCUT2D eigenvalue weighted by molar-refractivity contribution is 6.15. The maximum Gasteiger partial charge on any atom is 0.164 e. The van der Waals surface area contributed by atoms with Gasteiger partial charge in [-0.3, -0.25) is 0 Å². The molecule has 0 saturated heterocycles. The Balaban J connectivity index is 1.05. The summed E-state index contributed by atoms with van der Waals surface area (Å²) in [6.45, 7) is 4.64. The Morgan fingerprint density at radius 3 is 1.77 bits per heavy atom. The first-order valence-electron chi connectivity index (χ1n) is 17.9. The molecule has 11 rings (SSSR count). The van der Waals surface area contributed by atoms with Gasteiger partial charge in [0.05, 0.1) is 0 Å². The second-order valence-corrected chi connectivity index (χ2v) is 14.4. The number of hydrogen-bond acceptors (Lipinski definition) is 5. The van der Waals surface area contributed by atoms with E-state index in [0.29, 0.717) is 17.5 Å². The number of benzene rings is 7. The van der Waals surface area contributed by atoms with Gasteiger partial charge in [-0.2, -0.15) is 0 Å². The van der Waals surface area contributed by atoms with Crippen LogP contribution >= 0.6 is 0 Å². The first-order valence-corrected chi connectivity index (χ1v) is 17.9. The van der Waals surface area contributed by atoms with Gasteiger partial charge in [0, 0.05) is 43.7 Å². The summed E-state index contributed by atoms with van der Waals surface area (Å²) in [4.78, 5) is 15.1. The van der Waals surface area contributed by atoms with Crippen LogP contribution in [-0.2, 0) is 5.41 Å². The lowest BCUT2D eigenvalue weighted by Gasteiger charge is -2.21. The molecule has 0 amide bonds. The lowest BCUT2D eigenvalue weighted by Crippen LogP contribution is -2.14. The molecule has 5 nitrogen and oxygen atoms in total. The third-order valence-corrected chi connectivity index (χ3v) is 10.9. The standard InChI is InChI=1S/C48H31N3O2/c1-48(2)37-22-20-30(26-36(37)43-38(48)23-24-41-44(43)35-16-7-9-18-40(35)52-41)29-13-10-14-31(25-29)46-49-45(28-11-4-3-5-12-28)50-47(51-46)32-19-21-34-33-15-6-8-17-39(33)53-42(34)27-32/h3-27H,1-2H3. The maximum atomic E-state index is 6.33. The van der Waals surface area contributed by atoms with E-state index in [9.17, 15) is 0 Å². The third kappa shape index (κ3) is 4.54. The van der Waals surface area contributed by atoms with E-state index in [1.807, 2.05) is 60.7 Å². The highest BCUT2D eigenvalue weighted by Crippen LogP contribution is 2.53. The Morgan fingerprint density at radius 1 is 0.396 bits per heavy atom. The SMILES string of the molecule is CC1(C)c2ccc(-c3cccc(-c4nc(-c5ccccc5)nc(-c5ccc6c(c5)oc5ccccc56)n4)c3)cc2-c2c1ccc1oc3ccccc3c21. The van der Waals surface area contributed by atoms with E-state index in [-0.39, 0.29) is 5.41 Å². The van der Waals surface area contributed by atoms with Crippen LogP contribution < -0.4 is 0 Å². The van der Waals surface area contributed by atoms with Crippen LogP contribution in [0.5, 0.6) is 0 Å². The van der Waals surface area contributed by atoms with Crippen molar-refractivity contribution < 1.29 is 8.83 Å². The molecule has 53 heavy (non-hydrogen) atoms. The monoisotopic (exact) mass is 681 g/mol. The largest absolute Gasteiger partial charge is 0.456 e. The molecule has 10 aromatic rings. The van der Waals surface area contributed by atoms with E-state index >= 15 is 0 Å². The summed E-state index contributed by atoms with van der Waals surface area (Å²) in [5, 5.41) is 4.49. The second-order valence-electron chi connectivity index (χ2n) is 14.4. The molecule has 0 spiro atoms. The molecule has 3 aromatic heterocycles. The molecule has 0 aliphatic heterocycles. The molecule has 7 aromatic carbocycles. The van der Waals surface area contributed by atoms with Crippen molar-refractivity contribution >= 4 is 43.9 Å². The van der Waals surface area contributed by atoms with E-state index in [1.54, 1.807) is 0 Å². The average molecular weight is 682 g/mol. The molecule has 0 unspecified atom stereocenters. The Morgan fingerprint density at radius 2 is 0.962 bits per heavy atom. The van der Waals surface area contributed by atoms with Crippen LogP contribution in [0.2, 0.25) is 0 Å². The lowest BCUT2D eigenvalue weighted by atomic mass is 9.82. The number of rotatable bonds is 4. The second kappa shape index (κ2) is 11.1. The maximum absolute atomic E-state index is 6.33. The van der Waals surface area contributed by atoms with E-state index in [0.717, 1.165) is 66.3 Å². The number of fused-ring (bicyclic) bond motifs is 10. The van der Waals surface area contributed by atoms with Gasteiger partial charge in [0.1, 0.15) is 22.3 Å².